The van der Waals surface area contributed by atoms with Gasteiger partial charge in [0.25, 0.3) is 0 Å². The minimum atomic E-state index is -1.78. The molecule has 7 aliphatic rings. The maximum atomic E-state index is 14.8. The Hall–Kier alpha value is -1.56. The van der Waals surface area contributed by atoms with Gasteiger partial charge in [0.1, 0.15) is 48.8 Å². The lowest BCUT2D eigenvalue weighted by atomic mass is 9.33. The van der Waals surface area contributed by atoms with Gasteiger partial charge in [-0.2, -0.15) is 0 Å². The van der Waals surface area contributed by atoms with E-state index in [2.05, 4.69) is 41.5 Å². The molecule has 5 aliphatic carbocycles. The Morgan fingerprint density at radius 2 is 1.36 bits per heavy atom. The quantitative estimate of drug-likeness (QED) is 0.173. The Kier molecular flexibility index (Phi) is 10.9. The summed E-state index contributed by atoms with van der Waals surface area (Å²) < 4.78 is 23.9. The van der Waals surface area contributed by atoms with Crippen LogP contribution in [0, 0.1) is 50.2 Å². The van der Waals surface area contributed by atoms with Crippen molar-refractivity contribution in [2.24, 2.45) is 50.2 Å². The Morgan fingerprint density at radius 1 is 0.750 bits per heavy atom. The molecule has 56 heavy (non-hydrogen) atoms. The molecule has 19 atom stereocenters. The number of aliphatic carboxylic acids is 1. The Labute approximate surface area is 329 Å². The molecule has 2 aliphatic heterocycles. The molecule has 0 aromatic carbocycles. The smallest absolute Gasteiger partial charge is 0.309 e. The van der Waals surface area contributed by atoms with Gasteiger partial charge in [0, 0.05) is 5.92 Å². The van der Waals surface area contributed by atoms with E-state index in [4.69, 9.17) is 18.9 Å². The Bertz CT molecular complexity index is 1570. The zero-order valence-electron chi connectivity index (χ0n) is 34.0. The number of aliphatic hydroxyl groups is 7. The number of ketones is 1. The van der Waals surface area contributed by atoms with E-state index < -0.39 is 103 Å². The monoisotopic (exact) mass is 794 g/mol. The third-order valence-electron chi connectivity index (χ3n) is 17.3. The van der Waals surface area contributed by atoms with Crippen LogP contribution >= 0.6 is 0 Å². The van der Waals surface area contributed by atoms with Crippen molar-refractivity contribution >= 4 is 11.8 Å². The number of fused-ring (bicyclic) bond motifs is 7. The molecule has 0 spiro atoms. The van der Waals surface area contributed by atoms with E-state index in [9.17, 15) is 50.4 Å². The van der Waals surface area contributed by atoms with Gasteiger partial charge in [0.15, 0.2) is 18.4 Å². The third-order valence-corrected chi connectivity index (χ3v) is 17.3. The molecule has 14 nitrogen and oxygen atoms in total. The molecule has 0 bridgehead atoms. The summed E-state index contributed by atoms with van der Waals surface area (Å²) in [5, 5.41) is 83.9. The van der Waals surface area contributed by atoms with Gasteiger partial charge >= 0.3 is 5.97 Å². The van der Waals surface area contributed by atoms with Crippen molar-refractivity contribution < 1.29 is 69.4 Å². The minimum absolute atomic E-state index is 0.0284. The van der Waals surface area contributed by atoms with Crippen LogP contribution in [-0.2, 0) is 28.5 Å². The van der Waals surface area contributed by atoms with Crippen LogP contribution in [0.25, 0.3) is 0 Å². The summed E-state index contributed by atoms with van der Waals surface area (Å²) >= 11 is 0. The minimum Gasteiger partial charge on any atom is -0.481 e. The van der Waals surface area contributed by atoms with Gasteiger partial charge in [-0.25, -0.2) is 0 Å². The van der Waals surface area contributed by atoms with E-state index in [0.29, 0.717) is 25.7 Å². The number of ether oxygens (including phenoxy) is 4. The maximum absolute atomic E-state index is 14.8. The van der Waals surface area contributed by atoms with Crippen LogP contribution in [0.15, 0.2) is 11.6 Å². The SMILES string of the molecule is CC1(C)[C@@H](O[C@@H]2O[C@H](CO)[C@@H](O)[C@H](O[C@@H]3O[C@H](CO)[C@@H](O)[C@H](O)[C@H]3O)[C@H]2O)CC[C@]2(C)[C@H]3C(=O)C=C4[C@@H]5C[C@@](C)(C(=O)O)CC[C@]5(C)CC[C@@]4(C)[C@]3(C)CC[C@@H]12. The normalized spacial score (nSPS) is 54.2. The number of hydrogen-bond donors (Lipinski definition) is 8. The van der Waals surface area contributed by atoms with Crippen molar-refractivity contribution in [1.82, 2.24) is 0 Å². The third kappa shape index (κ3) is 6.13. The molecule has 14 heteroatoms. The number of aliphatic hydroxyl groups excluding tert-OH is 7. The highest BCUT2D eigenvalue weighted by Gasteiger charge is 2.70. The molecular weight excluding hydrogens is 728 g/mol. The van der Waals surface area contributed by atoms with Crippen LogP contribution in [-0.4, -0.2) is 133 Å². The topological polar surface area (TPSA) is 233 Å². The lowest BCUT2D eigenvalue weighted by molar-refractivity contribution is -0.369. The second-order valence-electron chi connectivity index (χ2n) is 20.5. The highest BCUT2D eigenvalue weighted by molar-refractivity contribution is 5.95. The molecular formula is C42H66O14. The molecule has 0 amide bonds. The highest BCUT2D eigenvalue weighted by Crippen LogP contribution is 2.75. The van der Waals surface area contributed by atoms with Crippen molar-refractivity contribution in [3.63, 3.8) is 0 Å². The van der Waals surface area contributed by atoms with E-state index in [1.165, 1.54) is 0 Å². The van der Waals surface area contributed by atoms with E-state index in [0.717, 1.165) is 37.7 Å². The molecule has 2 heterocycles. The first-order chi connectivity index (χ1) is 26.0. The summed E-state index contributed by atoms with van der Waals surface area (Å²) in [7, 11) is 0. The lowest BCUT2D eigenvalue weighted by Crippen LogP contribution is -2.67. The second kappa shape index (κ2) is 14.3. The van der Waals surface area contributed by atoms with Crippen molar-refractivity contribution in [2.75, 3.05) is 13.2 Å². The summed E-state index contributed by atoms with van der Waals surface area (Å²) in [6.07, 6.45) is -7.21. The molecule has 0 aromatic heterocycles. The number of carboxylic acid groups (broad SMARTS) is 1. The van der Waals surface area contributed by atoms with Gasteiger partial charge in [0.05, 0.1) is 24.7 Å². The molecule has 0 unspecified atom stereocenters. The fraction of sp³-hybridized carbons (Fsp3) is 0.905. The lowest BCUT2D eigenvalue weighted by Gasteiger charge is -2.70. The predicted octanol–water partition coefficient (Wildman–Crippen LogP) is 2.06. The molecule has 6 fully saturated rings. The van der Waals surface area contributed by atoms with Gasteiger partial charge in [0.2, 0.25) is 0 Å². The molecule has 2 saturated heterocycles. The van der Waals surface area contributed by atoms with Crippen molar-refractivity contribution in [3.8, 4) is 0 Å². The summed E-state index contributed by atoms with van der Waals surface area (Å²) in [6.45, 7) is 14.0. The molecule has 0 aromatic rings. The van der Waals surface area contributed by atoms with Gasteiger partial charge in [-0.1, -0.05) is 47.1 Å². The zero-order valence-corrected chi connectivity index (χ0v) is 34.0. The highest BCUT2D eigenvalue weighted by atomic mass is 16.7. The fourth-order valence-corrected chi connectivity index (χ4v) is 13.4. The van der Waals surface area contributed by atoms with Crippen molar-refractivity contribution in [3.05, 3.63) is 11.6 Å². The van der Waals surface area contributed by atoms with E-state index in [1.807, 2.05) is 13.0 Å². The maximum Gasteiger partial charge on any atom is 0.309 e. The van der Waals surface area contributed by atoms with E-state index in [-0.39, 0.29) is 39.8 Å². The van der Waals surface area contributed by atoms with Crippen molar-refractivity contribution in [1.29, 1.82) is 0 Å². The Balaban J connectivity index is 1.13. The summed E-state index contributed by atoms with van der Waals surface area (Å²) in [4.78, 5) is 27.3. The first-order valence-corrected chi connectivity index (χ1v) is 20.8. The van der Waals surface area contributed by atoms with Crippen LogP contribution < -0.4 is 0 Å². The molecule has 318 valence electrons. The average molecular weight is 795 g/mol. The van der Waals surface area contributed by atoms with E-state index >= 15 is 0 Å². The zero-order chi connectivity index (χ0) is 41.1. The van der Waals surface area contributed by atoms with Crippen molar-refractivity contribution in [2.45, 2.75) is 174 Å². The number of allylic oxidation sites excluding steroid dienone is 2. The molecule has 7 rings (SSSR count). The Morgan fingerprint density at radius 3 is 1.98 bits per heavy atom. The molecule has 0 radical (unpaired) electrons. The van der Waals surface area contributed by atoms with Crippen LogP contribution in [0.3, 0.4) is 0 Å². The number of rotatable bonds is 7. The van der Waals surface area contributed by atoms with Crippen LogP contribution in [0.4, 0.5) is 0 Å². The molecule has 8 N–H and O–H groups in total. The van der Waals surface area contributed by atoms with Gasteiger partial charge in [-0.15, -0.1) is 0 Å². The van der Waals surface area contributed by atoms with Gasteiger partial charge < -0.3 is 59.8 Å². The van der Waals surface area contributed by atoms with Gasteiger partial charge in [-0.05, 0) is 110 Å². The predicted molar refractivity (Wildman–Crippen MR) is 198 cm³/mol. The fourth-order valence-electron chi connectivity index (χ4n) is 13.4. The van der Waals surface area contributed by atoms with Gasteiger partial charge in [-0.3, -0.25) is 9.59 Å². The standard InChI is InChI=1S/C42H66O14/c1-37(2)25-8-11-42(7)33(22(45)16-20-21-17-39(4,36(51)52)13-12-38(21,3)14-15-41(20,42)6)40(25,5)10-9-26(37)55-35-31(50)32(28(47)24(19-44)54-35)56-34-30(49)29(48)27(46)23(18-43)53-34/h16,21,23-35,43-44,46-50H,8-15,17-19H2,1-7H3,(H,51,52)/t21-,23+,24+,25-,26-,27+,28+,29-,30+,31+,32-,33+,34-,35-,38+,39-,40-,41+,42+/m0/s1. The second-order valence-corrected chi connectivity index (χ2v) is 20.5. The van der Waals surface area contributed by atoms with Crippen LogP contribution in [0.5, 0.6) is 0 Å². The van der Waals surface area contributed by atoms with Crippen LogP contribution in [0.2, 0.25) is 0 Å². The summed E-state index contributed by atoms with van der Waals surface area (Å²) in [5.74, 6) is -0.828. The summed E-state index contributed by atoms with van der Waals surface area (Å²) in [6, 6.07) is 0. The summed E-state index contributed by atoms with van der Waals surface area (Å²) in [5.41, 5.74) is -1.25. The van der Waals surface area contributed by atoms with Crippen LogP contribution in [0.1, 0.15) is 106 Å². The number of hydrogen-bond acceptors (Lipinski definition) is 13. The largest absolute Gasteiger partial charge is 0.481 e. The first kappa shape index (κ1) is 42.6. The first-order valence-electron chi connectivity index (χ1n) is 20.8. The average Bonchev–Trinajstić information content (AvgIpc) is 3.13. The number of carboxylic acids is 1. The molecule has 4 saturated carbocycles. The number of carbonyl (C=O) groups excluding carboxylic acids is 1. The number of carbonyl (C=O) groups is 2. The van der Waals surface area contributed by atoms with E-state index in [1.54, 1.807) is 0 Å².